The van der Waals surface area contributed by atoms with E-state index in [1.54, 1.807) is 6.07 Å². The Hall–Kier alpha value is -1.42. The van der Waals surface area contributed by atoms with Crippen molar-refractivity contribution in [2.45, 2.75) is 25.8 Å². The summed E-state index contributed by atoms with van der Waals surface area (Å²) in [6, 6.07) is 6.53. The molecule has 4 heteroatoms. The third-order valence-corrected chi connectivity index (χ3v) is 3.46. The van der Waals surface area contributed by atoms with Gasteiger partial charge in [-0.05, 0) is 44.0 Å². The monoisotopic (exact) mass is 264 g/mol. The minimum Gasteiger partial charge on any atom is -0.342 e. The molecule has 1 aliphatic rings. The number of nitrogens with zero attached hydrogens (tertiary/aromatic N) is 2. The van der Waals surface area contributed by atoms with Crippen LogP contribution in [0.3, 0.4) is 0 Å². The lowest BCUT2D eigenvalue weighted by Crippen LogP contribution is -2.41. The van der Waals surface area contributed by atoms with Crippen LogP contribution in [0.4, 0.5) is 4.39 Å². The van der Waals surface area contributed by atoms with Gasteiger partial charge in [-0.3, -0.25) is 9.69 Å². The summed E-state index contributed by atoms with van der Waals surface area (Å²) < 4.78 is 13.1. The minimum atomic E-state index is -0.228. The second kappa shape index (κ2) is 6.66. The van der Waals surface area contributed by atoms with Crippen LogP contribution in [0.25, 0.3) is 0 Å². The molecule has 0 aliphatic carbocycles. The van der Waals surface area contributed by atoms with Crippen LogP contribution in [0.1, 0.15) is 24.8 Å². The lowest BCUT2D eigenvalue weighted by molar-refractivity contribution is -0.133. The number of hydrogen-bond donors (Lipinski definition) is 0. The number of rotatable bonds is 4. The van der Waals surface area contributed by atoms with Crippen molar-refractivity contribution in [1.29, 1.82) is 0 Å². The number of carbonyl (C=O) groups excluding carboxylic acids is 1. The Morgan fingerprint density at radius 3 is 2.74 bits per heavy atom. The molecule has 0 N–H and O–H groups in total. The highest BCUT2D eigenvalue weighted by molar-refractivity contribution is 5.78. The van der Waals surface area contributed by atoms with Gasteiger partial charge in [-0.2, -0.15) is 0 Å². The van der Waals surface area contributed by atoms with E-state index in [0.717, 1.165) is 31.5 Å². The summed E-state index contributed by atoms with van der Waals surface area (Å²) in [6.07, 6.45) is 3.45. The van der Waals surface area contributed by atoms with Crippen molar-refractivity contribution in [3.63, 3.8) is 0 Å². The Morgan fingerprint density at radius 1 is 1.32 bits per heavy atom. The summed E-state index contributed by atoms with van der Waals surface area (Å²) in [4.78, 5) is 15.9. The van der Waals surface area contributed by atoms with Crippen LogP contribution >= 0.6 is 0 Å². The first kappa shape index (κ1) is 14.0. The molecular formula is C15H21FN2O. The first-order chi connectivity index (χ1) is 9.15. The van der Waals surface area contributed by atoms with Gasteiger partial charge in [-0.25, -0.2) is 4.39 Å². The summed E-state index contributed by atoms with van der Waals surface area (Å²) >= 11 is 0. The van der Waals surface area contributed by atoms with Gasteiger partial charge >= 0.3 is 0 Å². The van der Waals surface area contributed by atoms with Gasteiger partial charge in [-0.1, -0.05) is 12.1 Å². The topological polar surface area (TPSA) is 23.6 Å². The highest BCUT2D eigenvalue weighted by Gasteiger charge is 2.17. The quantitative estimate of drug-likeness (QED) is 0.833. The largest absolute Gasteiger partial charge is 0.342 e. The normalized spacial score (nSPS) is 15.8. The zero-order valence-corrected chi connectivity index (χ0v) is 11.4. The molecule has 1 heterocycles. The predicted molar refractivity (Wildman–Crippen MR) is 73.2 cm³/mol. The highest BCUT2D eigenvalue weighted by Crippen LogP contribution is 2.10. The van der Waals surface area contributed by atoms with Crippen molar-refractivity contribution < 1.29 is 9.18 Å². The SMILES string of the molecule is CN(CC(=O)N1CCCCC1)Cc1cccc(F)c1. The van der Waals surface area contributed by atoms with Crippen molar-refractivity contribution in [1.82, 2.24) is 9.80 Å². The van der Waals surface area contributed by atoms with E-state index < -0.39 is 0 Å². The van der Waals surface area contributed by atoms with Gasteiger partial charge in [0.25, 0.3) is 0 Å². The van der Waals surface area contributed by atoms with Crippen molar-refractivity contribution >= 4 is 5.91 Å². The molecule has 1 fully saturated rings. The Kier molecular flexibility index (Phi) is 4.91. The predicted octanol–water partition coefficient (Wildman–Crippen LogP) is 2.27. The lowest BCUT2D eigenvalue weighted by Gasteiger charge is -2.28. The smallest absolute Gasteiger partial charge is 0.236 e. The minimum absolute atomic E-state index is 0.179. The van der Waals surface area contributed by atoms with E-state index in [-0.39, 0.29) is 11.7 Å². The molecule has 0 bridgehead atoms. The molecule has 1 saturated heterocycles. The van der Waals surface area contributed by atoms with E-state index in [1.165, 1.54) is 18.6 Å². The van der Waals surface area contributed by atoms with Gasteiger partial charge in [0.2, 0.25) is 5.91 Å². The third-order valence-electron chi connectivity index (χ3n) is 3.46. The molecule has 19 heavy (non-hydrogen) atoms. The number of amides is 1. The fourth-order valence-corrected chi connectivity index (χ4v) is 2.48. The molecule has 104 valence electrons. The molecule has 2 rings (SSSR count). The van der Waals surface area contributed by atoms with Crippen LogP contribution in [0.15, 0.2) is 24.3 Å². The maximum absolute atomic E-state index is 13.1. The molecule has 0 spiro atoms. The fourth-order valence-electron chi connectivity index (χ4n) is 2.48. The highest BCUT2D eigenvalue weighted by atomic mass is 19.1. The number of benzene rings is 1. The Balaban J connectivity index is 1.83. The number of halogens is 1. The summed E-state index contributed by atoms with van der Waals surface area (Å²) in [7, 11) is 1.90. The standard InChI is InChI=1S/C15H21FN2O/c1-17(11-13-6-5-7-14(16)10-13)12-15(19)18-8-3-2-4-9-18/h5-7,10H,2-4,8-9,11-12H2,1H3. The Morgan fingerprint density at radius 2 is 2.05 bits per heavy atom. The van der Waals surface area contributed by atoms with Crippen LogP contribution in [0, 0.1) is 5.82 Å². The van der Waals surface area contributed by atoms with E-state index in [4.69, 9.17) is 0 Å². The fraction of sp³-hybridized carbons (Fsp3) is 0.533. The van der Waals surface area contributed by atoms with Crippen molar-refractivity contribution in [3.8, 4) is 0 Å². The van der Waals surface area contributed by atoms with E-state index in [2.05, 4.69) is 0 Å². The maximum atomic E-state index is 13.1. The molecule has 0 unspecified atom stereocenters. The summed E-state index contributed by atoms with van der Waals surface area (Å²) in [5, 5.41) is 0. The summed E-state index contributed by atoms with van der Waals surface area (Å²) in [6.45, 7) is 2.76. The maximum Gasteiger partial charge on any atom is 0.236 e. The Bertz CT molecular complexity index is 430. The van der Waals surface area contributed by atoms with Gasteiger partial charge in [0.15, 0.2) is 0 Å². The van der Waals surface area contributed by atoms with E-state index in [0.29, 0.717) is 13.1 Å². The summed E-state index contributed by atoms with van der Waals surface area (Å²) in [5.41, 5.74) is 0.897. The molecule has 1 amide bonds. The summed E-state index contributed by atoms with van der Waals surface area (Å²) in [5.74, 6) is -0.0492. The number of carbonyl (C=O) groups is 1. The molecule has 1 aromatic rings. The average molecular weight is 264 g/mol. The lowest BCUT2D eigenvalue weighted by atomic mass is 10.1. The van der Waals surface area contributed by atoms with Gasteiger partial charge in [0.1, 0.15) is 5.82 Å². The number of piperidine rings is 1. The van der Waals surface area contributed by atoms with Crippen LogP contribution in [-0.4, -0.2) is 42.4 Å². The molecule has 0 saturated carbocycles. The van der Waals surface area contributed by atoms with Gasteiger partial charge in [0, 0.05) is 19.6 Å². The van der Waals surface area contributed by atoms with Crippen molar-refractivity contribution in [2.24, 2.45) is 0 Å². The molecule has 3 nitrogen and oxygen atoms in total. The zero-order valence-electron chi connectivity index (χ0n) is 11.4. The average Bonchev–Trinajstić information content (AvgIpc) is 2.39. The molecule has 1 aliphatic heterocycles. The van der Waals surface area contributed by atoms with Crippen molar-refractivity contribution in [2.75, 3.05) is 26.7 Å². The van der Waals surface area contributed by atoms with Crippen LogP contribution in [-0.2, 0) is 11.3 Å². The van der Waals surface area contributed by atoms with Crippen LogP contribution < -0.4 is 0 Å². The molecular weight excluding hydrogens is 243 g/mol. The number of likely N-dealkylation sites (N-methyl/N-ethyl adjacent to an activating group) is 1. The van der Waals surface area contributed by atoms with Crippen LogP contribution in [0.2, 0.25) is 0 Å². The second-order valence-corrected chi connectivity index (χ2v) is 5.24. The third kappa shape index (κ3) is 4.31. The molecule has 1 aromatic carbocycles. The molecule has 0 radical (unpaired) electrons. The second-order valence-electron chi connectivity index (χ2n) is 5.24. The van der Waals surface area contributed by atoms with Gasteiger partial charge in [-0.15, -0.1) is 0 Å². The van der Waals surface area contributed by atoms with E-state index >= 15 is 0 Å². The zero-order chi connectivity index (χ0) is 13.7. The Labute approximate surface area is 114 Å². The first-order valence-corrected chi connectivity index (χ1v) is 6.86. The van der Waals surface area contributed by atoms with Crippen molar-refractivity contribution in [3.05, 3.63) is 35.6 Å². The van der Waals surface area contributed by atoms with E-state index in [1.807, 2.05) is 22.9 Å². The van der Waals surface area contributed by atoms with E-state index in [9.17, 15) is 9.18 Å². The molecule has 0 atom stereocenters. The number of likely N-dealkylation sites (tertiary alicyclic amines) is 1. The number of hydrogen-bond acceptors (Lipinski definition) is 2. The van der Waals surface area contributed by atoms with Crippen LogP contribution in [0.5, 0.6) is 0 Å². The van der Waals surface area contributed by atoms with Gasteiger partial charge < -0.3 is 4.90 Å². The first-order valence-electron chi connectivity index (χ1n) is 6.86. The van der Waals surface area contributed by atoms with Gasteiger partial charge in [0.05, 0.1) is 6.54 Å². The molecule has 0 aromatic heterocycles.